The Morgan fingerprint density at radius 1 is 1.10 bits per heavy atom. The third-order valence-electron chi connectivity index (χ3n) is 4.18. The van der Waals surface area contributed by atoms with Gasteiger partial charge in [0, 0.05) is 21.9 Å². The number of thiophene rings is 1. The molecule has 0 saturated carbocycles. The predicted molar refractivity (Wildman–Crippen MR) is 119 cm³/mol. The maximum Gasteiger partial charge on any atom is 0.269 e. The van der Waals surface area contributed by atoms with Crippen molar-refractivity contribution in [1.29, 1.82) is 0 Å². The highest BCUT2D eigenvalue weighted by molar-refractivity contribution is 7.18. The molecule has 3 aromatic heterocycles. The molecular weight excluding hydrogens is 426 g/mol. The van der Waals surface area contributed by atoms with E-state index < -0.39 is 0 Å². The smallest absolute Gasteiger partial charge is 0.269 e. The average Bonchev–Trinajstić information content (AvgIpc) is 3.48. The fraction of sp³-hybridized carbons (Fsp3) is 0.150. The van der Waals surface area contributed by atoms with Gasteiger partial charge in [0.25, 0.3) is 5.91 Å². The van der Waals surface area contributed by atoms with Gasteiger partial charge in [0.05, 0.1) is 25.6 Å². The lowest BCUT2D eigenvalue weighted by Gasteiger charge is -2.08. The Balaban J connectivity index is 1.56. The number of carbonyl (C=O) groups is 1. The maximum absolute atomic E-state index is 12.8. The van der Waals surface area contributed by atoms with Gasteiger partial charge in [-0.1, -0.05) is 0 Å². The van der Waals surface area contributed by atoms with Crippen molar-refractivity contribution in [2.75, 3.05) is 19.5 Å². The molecule has 0 atom stereocenters. The molecule has 0 fully saturated rings. The van der Waals surface area contributed by atoms with Crippen LogP contribution in [0.1, 0.15) is 15.4 Å². The van der Waals surface area contributed by atoms with Gasteiger partial charge in [-0.05, 0) is 36.6 Å². The number of nitrogens with one attached hydrogen (secondary N) is 1. The van der Waals surface area contributed by atoms with E-state index in [0.717, 1.165) is 16.1 Å². The third-order valence-corrected chi connectivity index (χ3v) is 6.82. The van der Waals surface area contributed by atoms with Crippen LogP contribution in [0.2, 0.25) is 0 Å². The SMILES string of the molecule is COc1ccc(OC)c(-c2csc(NC(=O)c3sc(-c4ccsc4)nc3C)n2)c1. The second kappa shape index (κ2) is 8.32. The molecule has 29 heavy (non-hydrogen) atoms. The largest absolute Gasteiger partial charge is 0.497 e. The van der Waals surface area contributed by atoms with Crippen molar-refractivity contribution in [3.05, 3.63) is 51.0 Å². The van der Waals surface area contributed by atoms with Crippen LogP contribution in [0.15, 0.2) is 40.4 Å². The number of hydrogen-bond acceptors (Lipinski definition) is 8. The molecule has 0 aliphatic heterocycles. The standard InChI is InChI=1S/C20H17N3O3S3/c1-11-17(29-19(21-11)12-6-7-27-9-12)18(24)23-20-22-15(10-28-20)14-8-13(25-2)4-5-16(14)26-3/h4-10H,1-3H3,(H,22,23,24). The summed E-state index contributed by atoms with van der Waals surface area (Å²) in [6, 6.07) is 7.52. The zero-order valence-corrected chi connectivity index (χ0v) is 18.3. The molecule has 4 rings (SSSR count). The summed E-state index contributed by atoms with van der Waals surface area (Å²) in [4.78, 5) is 22.4. The van der Waals surface area contributed by atoms with Crippen LogP contribution in [0.25, 0.3) is 21.8 Å². The quantitative estimate of drug-likeness (QED) is 0.421. The molecule has 0 radical (unpaired) electrons. The summed E-state index contributed by atoms with van der Waals surface area (Å²) in [6.07, 6.45) is 0. The first-order valence-corrected chi connectivity index (χ1v) is 11.2. The summed E-state index contributed by atoms with van der Waals surface area (Å²) < 4.78 is 10.7. The molecule has 0 aliphatic rings. The van der Waals surface area contributed by atoms with Crippen molar-refractivity contribution in [2.45, 2.75) is 6.92 Å². The molecule has 0 bridgehead atoms. The van der Waals surface area contributed by atoms with Crippen LogP contribution in [0.3, 0.4) is 0 Å². The summed E-state index contributed by atoms with van der Waals surface area (Å²) >= 11 is 4.34. The fourth-order valence-electron chi connectivity index (χ4n) is 2.74. The van der Waals surface area contributed by atoms with Gasteiger partial charge >= 0.3 is 0 Å². The summed E-state index contributed by atoms with van der Waals surface area (Å²) in [5, 5.41) is 10.1. The lowest BCUT2D eigenvalue weighted by atomic mass is 10.1. The lowest BCUT2D eigenvalue weighted by Crippen LogP contribution is -2.11. The number of nitrogens with zero attached hydrogens (tertiary/aromatic N) is 2. The summed E-state index contributed by atoms with van der Waals surface area (Å²) in [5.74, 6) is 1.19. The molecule has 4 aromatic rings. The van der Waals surface area contributed by atoms with Crippen molar-refractivity contribution >= 4 is 45.0 Å². The number of ether oxygens (including phenoxy) is 2. The Bertz CT molecular complexity index is 1150. The summed E-state index contributed by atoms with van der Waals surface area (Å²) in [7, 11) is 3.22. The number of anilines is 1. The van der Waals surface area contributed by atoms with Crippen LogP contribution >= 0.6 is 34.0 Å². The van der Waals surface area contributed by atoms with E-state index in [1.54, 1.807) is 25.6 Å². The van der Waals surface area contributed by atoms with E-state index in [9.17, 15) is 4.79 Å². The van der Waals surface area contributed by atoms with Crippen LogP contribution in [0.4, 0.5) is 5.13 Å². The molecule has 1 N–H and O–H groups in total. The lowest BCUT2D eigenvalue weighted by molar-refractivity contribution is 0.103. The Morgan fingerprint density at radius 3 is 2.69 bits per heavy atom. The first-order chi connectivity index (χ1) is 14.1. The molecule has 6 nitrogen and oxygen atoms in total. The van der Waals surface area contributed by atoms with Gasteiger partial charge in [0.2, 0.25) is 0 Å². The number of rotatable bonds is 6. The van der Waals surface area contributed by atoms with E-state index in [1.807, 2.05) is 47.3 Å². The zero-order chi connectivity index (χ0) is 20.4. The first kappa shape index (κ1) is 19.6. The van der Waals surface area contributed by atoms with Gasteiger partial charge in [-0.3, -0.25) is 10.1 Å². The van der Waals surface area contributed by atoms with E-state index in [2.05, 4.69) is 15.3 Å². The molecular formula is C20H17N3O3S3. The van der Waals surface area contributed by atoms with Gasteiger partial charge in [0.1, 0.15) is 21.4 Å². The van der Waals surface area contributed by atoms with Crippen LogP contribution in [0.5, 0.6) is 11.5 Å². The first-order valence-electron chi connectivity index (χ1n) is 8.58. The van der Waals surface area contributed by atoms with E-state index >= 15 is 0 Å². The van der Waals surface area contributed by atoms with Crippen molar-refractivity contribution in [3.8, 4) is 33.3 Å². The molecule has 3 heterocycles. The second-order valence-corrected chi connectivity index (χ2v) is 8.64. The highest BCUT2D eigenvalue weighted by Crippen LogP contribution is 2.35. The fourth-order valence-corrected chi connectivity index (χ4v) is 5.12. The van der Waals surface area contributed by atoms with Crippen molar-refractivity contribution < 1.29 is 14.3 Å². The van der Waals surface area contributed by atoms with Crippen LogP contribution < -0.4 is 14.8 Å². The number of benzene rings is 1. The number of thiazole rings is 2. The van der Waals surface area contributed by atoms with Crippen LogP contribution in [-0.4, -0.2) is 30.1 Å². The average molecular weight is 444 g/mol. The molecule has 0 aliphatic carbocycles. The van der Waals surface area contributed by atoms with Crippen LogP contribution in [0, 0.1) is 6.92 Å². The van der Waals surface area contributed by atoms with E-state index in [-0.39, 0.29) is 5.91 Å². The monoisotopic (exact) mass is 443 g/mol. The van der Waals surface area contributed by atoms with Crippen LogP contribution in [-0.2, 0) is 0 Å². The Morgan fingerprint density at radius 2 is 1.97 bits per heavy atom. The number of aryl methyl sites for hydroxylation is 1. The number of carbonyl (C=O) groups excluding carboxylic acids is 1. The molecule has 1 amide bonds. The minimum atomic E-state index is -0.208. The normalized spacial score (nSPS) is 10.7. The van der Waals surface area contributed by atoms with Gasteiger partial charge in [-0.25, -0.2) is 9.97 Å². The van der Waals surface area contributed by atoms with Crippen molar-refractivity contribution in [3.63, 3.8) is 0 Å². The van der Waals surface area contributed by atoms with E-state index in [0.29, 0.717) is 32.9 Å². The summed E-state index contributed by atoms with van der Waals surface area (Å²) in [5.41, 5.74) is 3.25. The van der Waals surface area contributed by atoms with Gasteiger partial charge < -0.3 is 9.47 Å². The van der Waals surface area contributed by atoms with Gasteiger partial charge in [0.15, 0.2) is 5.13 Å². The predicted octanol–water partition coefficient (Wildman–Crippen LogP) is 5.57. The van der Waals surface area contributed by atoms with E-state index in [4.69, 9.17) is 9.47 Å². The molecule has 0 saturated heterocycles. The van der Waals surface area contributed by atoms with Crippen molar-refractivity contribution in [2.24, 2.45) is 0 Å². The van der Waals surface area contributed by atoms with Gasteiger partial charge in [-0.2, -0.15) is 11.3 Å². The number of amides is 1. The minimum Gasteiger partial charge on any atom is -0.497 e. The zero-order valence-electron chi connectivity index (χ0n) is 15.9. The number of methoxy groups -OCH3 is 2. The molecule has 148 valence electrons. The Hall–Kier alpha value is -2.75. The molecule has 0 spiro atoms. The van der Waals surface area contributed by atoms with Gasteiger partial charge in [-0.15, -0.1) is 22.7 Å². The molecule has 9 heteroatoms. The number of aromatic nitrogens is 2. The van der Waals surface area contributed by atoms with Crippen molar-refractivity contribution in [1.82, 2.24) is 9.97 Å². The Labute approximate surface area is 179 Å². The Kier molecular flexibility index (Phi) is 5.61. The molecule has 0 unspecified atom stereocenters. The summed E-state index contributed by atoms with van der Waals surface area (Å²) in [6.45, 7) is 1.84. The second-order valence-electron chi connectivity index (χ2n) is 6.00. The molecule has 1 aromatic carbocycles. The highest BCUT2D eigenvalue weighted by atomic mass is 32.1. The topological polar surface area (TPSA) is 73.3 Å². The highest BCUT2D eigenvalue weighted by Gasteiger charge is 2.18. The third kappa shape index (κ3) is 4.02. The number of hydrogen-bond donors (Lipinski definition) is 1. The van der Waals surface area contributed by atoms with E-state index in [1.165, 1.54) is 22.7 Å². The maximum atomic E-state index is 12.8. The minimum absolute atomic E-state index is 0.208.